The van der Waals surface area contributed by atoms with Gasteiger partial charge >= 0.3 is 0 Å². The first-order valence-electron chi connectivity index (χ1n) is 5.74. The SMILES string of the molecule is Nc1ncccc1CN1CCn2ccnc2C1. The van der Waals surface area contributed by atoms with Gasteiger partial charge in [0.25, 0.3) is 0 Å². The van der Waals surface area contributed by atoms with Crippen molar-refractivity contribution < 1.29 is 0 Å². The summed E-state index contributed by atoms with van der Waals surface area (Å²) < 4.78 is 2.20. The first-order valence-corrected chi connectivity index (χ1v) is 5.74. The first kappa shape index (κ1) is 10.3. The van der Waals surface area contributed by atoms with Crippen LogP contribution in [-0.4, -0.2) is 26.0 Å². The van der Waals surface area contributed by atoms with Gasteiger partial charge < -0.3 is 10.3 Å². The summed E-state index contributed by atoms with van der Waals surface area (Å²) >= 11 is 0. The molecule has 0 bridgehead atoms. The van der Waals surface area contributed by atoms with E-state index in [1.54, 1.807) is 6.20 Å². The molecular weight excluding hydrogens is 214 g/mol. The van der Waals surface area contributed by atoms with E-state index in [1.165, 1.54) is 0 Å². The Hall–Kier alpha value is -1.88. The Morgan fingerprint density at radius 2 is 2.18 bits per heavy atom. The summed E-state index contributed by atoms with van der Waals surface area (Å²) in [6.45, 7) is 3.74. The summed E-state index contributed by atoms with van der Waals surface area (Å²) in [5.41, 5.74) is 6.94. The number of pyridine rings is 1. The molecule has 0 fully saturated rings. The number of aromatic nitrogens is 3. The fourth-order valence-corrected chi connectivity index (χ4v) is 2.18. The van der Waals surface area contributed by atoms with Crippen molar-refractivity contribution in [2.24, 2.45) is 0 Å². The standard InChI is InChI=1S/C12H15N5/c13-12-10(2-1-3-15-12)8-16-6-7-17-5-4-14-11(17)9-16/h1-5H,6-9H2,(H2,13,15). The molecule has 0 spiro atoms. The van der Waals surface area contributed by atoms with Gasteiger partial charge in [-0.05, 0) is 6.07 Å². The first-order chi connectivity index (χ1) is 8.33. The van der Waals surface area contributed by atoms with Gasteiger partial charge in [-0.3, -0.25) is 4.90 Å². The number of hydrogen-bond acceptors (Lipinski definition) is 4. The van der Waals surface area contributed by atoms with Crippen LogP contribution in [0.15, 0.2) is 30.7 Å². The van der Waals surface area contributed by atoms with Crippen molar-refractivity contribution in [1.82, 2.24) is 19.4 Å². The fraction of sp³-hybridized carbons (Fsp3) is 0.333. The van der Waals surface area contributed by atoms with Gasteiger partial charge in [-0.15, -0.1) is 0 Å². The minimum absolute atomic E-state index is 0.626. The Kier molecular flexibility index (Phi) is 2.53. The van der Waals surface area contributed by atoms with E-state index in [0.717, 1.165) is 37.6 Å². The number of nitrogen functional groups attached to an aromatic ring is 1. The quantitative estimate of drug-likeness (QED) is 0.830. The van der Waals surface area contributed by atoms with Gasteiger partial charge in [-0.25, -0.2) is 9.97 Å². The van der Waals surface area contributed by atoms with Crippen molar-refractivity contribution in [2.75, 3.05) is 12.3 Å². The Balaban J connectivity index is 1.74. The van der Waals surface area contributed by atoms with E-state index in [4.69, 9.17) is 5.73 Å². The third-order valence-corrected chi connectivity index (χ3v) is 3.14. The van der Waals surface area contributed by atoms with Gasteiger partial charge in [0.1, 0.15) is 11.6 Å². The lowest BCUT2D eigenvalue weighted by atomic mass is 10.2. The molecule has 0 unspecified atom stereocenters. The normalized spacial score (nSPS) is 15.8. The van der Waals surface area contributed by atoms with Crippen LogP contribution in [0.2, 0.25) is 0 Å². The van der Waals surface area contributed by atoms with Crippen LogP contribution in [-0.2, 0) is 19.6 Å². The molecule has 0 aromatic carbocycles. The molecule has 0 radical (unpaired) electrons. The van der Waals surface area contributed by atoms with Crippen molar-refractivity contribution in [1.29, 1.82) is 0 Å². The highest BCUT2D eigenvalue weighted by Gasteiger charge is 2.17. The number of anilines is 1. The van der Waals surface area contributed by atoms with Gasteiger partial charge in [0.15, 0.2) is 0 Å². The maximum Gasteiger partial charge on any atom is 0.127 e. The van der Waals surface area contributed by atoms with Crippen LogP contribution in [0.25, 0.3) is 0 Å². The van der Waals surface area contributed by atoms with Gasteiger partial charge in [0.2, 0.25) is 0 Å². The highest BCUT2D eigenvalue weighted by molar-refractivity contribution is 5.38. The number of hydrogen-bond donors (Lipinski definition) is 1. The maximum absolute atomic E-state index is 5.85. The van der Waals surface area contributed by atoms with Crippen LogP contribution in [0.4, 0.5) is 5.82 Å². The smallest absolute Gasteiger partial charge is 0.127 e. The average molecular weight is 229 g/mol. The van der Waals surface area contributed by atoms with Crippen LogP contribution < -0.4 is 5.73 Å². The topological polar surface area (TPSA) is 60.0 Å². The average Bonchev–Trinajstić information content (AvgIpc) is 2.79. The van der Waals surface area contributed by atoms with Crippen molar-refractivity contribution in [3.63, 3.8) is 0 Å². The van der Waals surface area contributed by atoms with Gasteiger partial charge in [-0.1, -0.05) is 6.07 Å². The van der Waals surface area contributed by atoms with E-state index >= 15 is 0 Å². The molecule has 3 heterocycles. The minimum Gasteiger partial charge on any atom is -0.383 e. The Bertz CT molecular complexity index is 519. The lowest BCUT2D eigenvalue weighted by Crippen LogP contribution is -2.33. The lowest BCUT2D eigenvalue weighted by Gasteiger charge is -2.27. The predicted octanol–water partition coefficient (Wildman–Crippen LogP) is 0.876. The van der Waals surface area contributed by atoms with Crippen LogP contribution in [0.5, 0.6) is 0 Å². The van der Waals surface area contributed by atoms with E-state index in [9.17, 15) is 0 Å². The maximum atomic E-state index is 5.85. The van der Waals surface area contributed by atoms with Crippen LogP contribution >= 0.6 is 0 Å². The summed E-state index contributed by atoms with van der Waals surface area (Å²) in [5, 5.41) is 0. The van der Waals surface area contributed by atoms with Crippen molar-refractivity contribution >= 4 is 5.82 Å². The molecule has 1 aliphatic rings. The van der Waals surface area contributed by atoms with Gasteiger partial charge in [0.05, 0.1) is 6.54 Å². The van der Waals surface area contributed by atoms with Gasteiger partial charge in [0, 0.05) is 43.8 Å². The molecule has 0 atom stereocenters. The zero-order valence-electron chi connectivity index (χ0n) is 9.58. The third kappa shape index (κ3) is 2.01. The van der Waals surface area contributed by atoms with Gasteiger partial charge in [-0.2, -0.15) is 0 Å². The number of imidazole rings is 1. The molecule has 1 aliphatic heterocycles. The van der Waals surface area contributed by atoms with Crippen LogP contribution in [0.1, 0.15) is 11.4 Å². The second-order valence-corrected chi connectivity index (χ2v) is 4.30. The van der Waals surface area contributed by atoms with E-state index < -0.39 is 0 Å². The molecule has 5 nitrogen and oxygen atoms in total. The molecule has 2 aromatic heterocycles. The van der Waals surface area contributed by atoms with E-state index in [2.05, 4.69) is 19.4 Å². The molecular formula is C12H15N5. The Morgan fingerprint density at radius 3 is 3.06 bits per heavy atom. The summed E-state index contributed by atoms with van der Waals surface area (Å²) in [7, 11) is 0. The van der Waals surface area contributed by atoms with E-state index in [1.807, 2.05) is 24.5 Å². The molecule has 88 valence electrons. The Labute approximate surface area is 99.9 Å². The largest absolute Gasteiger partial charge is 0.383 e. The van der Waals surface area contributed by atoms with E-state index in [0.29, 0.717) is 5.82 Å². The lowest BCUT2D eigenvalue weighted by molar-refractivity contribution is 0.209. The van der Waals surface area contributed by atoms with Crippen molar-refractivity contribution in [2.45, 2.75) is 19.6 Å². The summed E-state index contributed by atoms with van der Waals surface area (Å²) in [4.78, 5) is 10.8. The molecule has 0 saturated carbocycles. The Morgan fingerprint density at radius 1 is 1.24 bits per heavy atom. The monoisotopic (exact) mass is 229 g/mol. The summed E-state index contributed by atoms with van der Waals surface area (Å²) in [6.07, 6.45) is 5.62. The zero-order valence-corrected chi connectivity index (χ0v) is 9.58. The summed E-state index contributed by atoms with van der Waals surface area (Å²) in [5.74, 6) is 1.75. The number of nitrogens with zero attached hydrogens (tertiary/aromatic N) is 4. The zero-order chi connectivity index (χ0) is 11.7. The van der Waals surface area contributed by atoms with Crippen molar-refractivity contribution in [3.05, 3.63) is 42.1 Å². The fourth-order valence-electron chi connectivity index (χ4n) is 2.18. The molecule has 2 N–H and O–H groups in total. The number of nitrogens with two attached hydrogens (primary N) is 1. The highest BCUT2D eigenvalue weighted by atomic mass is 15.2. The molecule has 5 heteroatoms. The highest BCUT2D eigenvalue weighted by Crippen LogP contribution is 2.16. The molecule has 0 amide bonds. The van der Waals surface area contributed by atoms with E-state index in [-0.39, 0.29) is 0 Å². The molecule has 17 heavy (non-hydrogen) atoms. The summed E-state index contributed by atoms with van der Waals surface area (Å²) in [6, 6.07) is 3.96. The van der Waals surface area contributed by atoms with Crippen LogP contribution in [0.3, 0.4) is 0 Å². The number of rotatable bonds is 2. The predicted molar refractivity (Wildman–Crippen MR) is 65.0 cm³/mol. The molecule has 0 aliphatic carbocycles. The van der Waals surface area contributed by atoms with Crippen LogP contribution in [0, 0.1) is 0 Å². The molecule has 2 aromatic rings. The minimum atomic E-state index is 0.626. The number of fused-ring (bicyclic) bond motifs is 1. The molecule has 3 rings (SSSR count). The molecule has 0 saturated heterocycles. The third-order valence-electron chi connectivity index (χ3n) is 3.14. The second kappa shape index (κ2) is 4.18. The van der Waals surface area contributed by atoms with Crippen molar-refractivity contribution in [3.8, 4) is 0 Å². The second-order valence-electron chi connectivity index (χ2n) is 4.30.